The third-order valence-corrected chi connectivity index (χ3v) is 6.93. The summed E-state index contributed by atoms with van der Waals surface area (Å²) in [5.74, 6) is 1.19. The Kier molecular flexibility index (Phi) is 5.71. The topological polar surface area (TPSA) is 67.9 Å². The third kappa shape index (κ3) is 4.02. The van der Waals surface area contributed by atoms with Gasteiger partial charge in [0.1, 0.15) is 11.5 Å². The highest BCUT2D eigenvalue weighted by Crippen LogP contribution is 2.40. The average Bonchev–Trinajstić information content (AvgIpc) is 3.26. The van der Waals surface area contributed by atoms with Gasteiger partial charge >= 0.3 is 0 Å². The highest BCUT2D eigenvalue weighted by Gasteiger charge is 2.38. The van der Waals surface area contributed by atoms with E-state index in [1.54, 1.807) is 62.8 Å². The molecule has 0 bridgehead atoms. The summed E-state index contributed by atoms with van der Waals surface area (Å²) in [7, 11) is -0.718. The number of nitrogens with one attached hydrogen (secondary N) is 1. The fourth-order valence-electron chi connectivity index (χ4n) is 3.55. The minimum Gasteiger partial charge on any atom is -0.497 e. The number of hydrazine groups is 1. The van der Waals surface area contributed by atoms with Crippen molar-refractivity contribution in [2.45, 2.75) is 17.9 Å². The van der Waals surface area contributed by atoms with Crippen molar-refractivity contribution in [2.75, 3.05) is 14.2 Å². The second kappa shape index (κ2) is 8.45. The Balaban J connectivity index is 1.85. The van der Waals surface area contributed by atoms with Crippen LogP contribution in [-0.2, 0) is 10.0 Å². The van der Waals surface area contributed by atoms with Gasteiger partial charge in [-0.3, -0.25) is 0 Å². The largest absolute Gasteiger partial charge is 0.497 e. The molecule has 1 N–H and O–H groups in total. The predicted molar refractivity (Wildman–Crippen MR) is 120 cm³/mol. The van der Waals surface area contributed by atoms with Gasteiger partial charge in [0.2, 0.25) is 0 Å². The van der Waals surface area contributed by atoms with E-state index in [2.05, 4.69) is 5.43 Å². The first kappa shape index (κ1) is 21.0. The molecule has 7 heteroatoms. The number of hydrogen-bond acceptors (Lipinski definition) is 5. The monoisotopic (exact) mass is 436 g/mol. The Morgan fingerprint density at radius 2 is 1.61 bits per heavy atom. The van der Waals surface area contributed by atoms with E-state index in [9.17, 15) is 8.42 Å². The van der Waals surface area contributed by atoms with E-state index in [0.29, 0.717) is 22.8 Å². The summed E-state index contributed by atoms with van der Waals surface area (Å²) in [4.78, 5) is 0.202. The molecule has 0 aliphatic carbocycles. The summed E-state index contributed by atoms with van der Waals surface area (Å²) >= 11 is 0. The first-order chi connectivity index (χ1) is 14.9. The number of nitrogens with zero attached hydrogens (tertiary/aromatic N) is 1. The molecule has 3 aromatic rings. The van der Waals surface area contributed by atoms with Gasteiger partial charge in [0.15, 0.2) is 0 Å². The lowest BCUT2D eigenvalue weighted by atomic mass is 10.0. The SMILES string of the molecule is COc1ccc(OC)c([C@H]2C=C(c3ccc(C)cc3)NN2S(=O)(=O)c2ccccc2)c1. The smallest absolute Gasteiger partial charge is 0.260 e. The van der Waals surface area contributed by atoms with Crippen LogP contribution in [0.5, 0.6) is 11.5 Å². The molecule has 3 aromatic carbocycles. The fourth-order valence-corrected chi connectivity index (χ4v) is 4.97. The second-order valence-corrected chi connectivity index (χ2v) is 9.04. The molecule has 0 aromatic heterocycles. The van der Waals surface area contributed by atoms with Crippen molar-refractivity contribution in [3.05, 3.63) is 95.6 Å². The fraction of sp³-hybridized carbons (Fsp3) is 0.167. The summed E-state index contributed by atoms with van der Waals surface area (Å²) in [6.07, 6.45) is 1.89. The van der Waals surface area contributed by atoms with Gasteiger partial charge in [-0.1, -0.05) is 48.0 Å². The van der Waals surface area contributed by atoms with Gasteiger partial charge < -0.3 is 14.9 Å². The maximum Gasteiger partial charge on any atom is 0.260 e. The Hall–Kier alpha value is -3.29. The number of aryl methyl sites for hydroxylation is 1. The Morgan fingerprint density at radius 3 is 2.26 bits per heavy atom. The van der Waals surface area contributed by atoms with Gasteiger partial charge in [-0.05, 0) is 48.9 Å². The average molecular weight is 437 g/mol. The van der Waals surface area contributed by atoms with Crippen LogP contribution in [0.4, 0.5) is 0 Å². The van der Waals surface area contributed by atoms with E-state index in [-0.39, 0.29) is 4.90 Å². The molecular weight excluding hydrogens is 412 g/mol. The summed E-state index contributed by atoms with van der Waals surface area (Å²) in [6.45, 7) is 2.01. The molecule has 0 spiro atoms. The Morgan fingerprint density at radius 1 is 0.903 bits per heavy atom. The van der Waals surface area contributed by atoms with Crippen LogP contribution in [-0.4, -0.2) is 27.1 Å². The minimum atomic E-state index is -3.86. The van der Waals surface area contributed by atoms with Crippen LogP contribution < -0.4 is 14.9 Å². The van der Waals surface area contributed by atoms with Gasteiger partial charge in [-0.25, -0.2) is 8.42 Å². The maximum atomic E-state index is 13.6. The summed E-state index contributed by atoms with van der Waals surface area (Å²) in [5.41, 5.74) is 6.51. The van der Waals surface area contributed by atoms with Crippen molar-refractivity contribution in [3.8, 4) is 11.5 Å². The molecule has 160 valence electrons. The van der Waals surface area contributed by atoms with E-state index in [1.807, 2.05) is 37.3 Å². The number of methoxy groups -OCH3 is 2. The lowest BCUT2D eigenvalue weighted by Gasteiger charge is -2.26. The molecule has 4 rings (SSSR count). The minimum absolute atomic E-state index is 0.202. The number of rotatable bonds is 6. The molecule has 1 atom stereocenters. The molecule has 0 saturated carbocycles. The van der Waals surface area contributed by atoms with Crippen molar-refractivity contribution in [2.24, 2.45) is 0 Å². The zero-order chi connectivity index (χ0) is 22.0. The first-order valence-electron chi connectivity index (χ1n) is 9.81. The van der Waals surface area contributed by atoms with E-state index in [0.717, 1.165) is 11.1 Å². The van der Waals surface area contributed by atoms with E-state index in [4.69, 9.17) is 9.47 Å². The molecule has 0 radical (unpaired) electrons. The molecule has 1 heterocycles. The van der Waals surface area contributed by atoms with Crippen LogP contribution in [0.2, 0.25) is 0 Å². The van der Waals surface area contributed by atoms with Crippen LogP contribution in [0.1, 0.15) is 22.7 Å². The van der Waals surface area contributed by atoms with Crippen LogP contribution >= 0.6 is 0 Å². The molecule has 0 fully saturated rings. The van der Waals surface area contributed by atoms with Crippen molar-refractivity contribution in [3.63, 3.8) is 0 Å². The lowest BCUT2D eigenvalue weighted by molar-refractivity contribution is 0.332. The van der Waals surface area contributed by atoms with E-state index >= 15 is 0 Å². The lowest BCUT2D eigenvalue weighted by Crippen LogP contribution is -2.39. The van der Waals surface area contributed by atoms with Crippen molar-refractivity contribution >= 4 is 15.7 Å². The highest BCUT2D eigenvalue weighted by molar-refractivity contribution is 7.89. The standard InChI is InChI=1S/C24H24N2O4S/c1-17-9-11-18(12-10-17)22-16-23(21-15-19(29-2)13-14-24(21)30-3)26(25-22)31(27,28)20-7-5-4-6-8-20/h4-16,23,25H,1-3H3/t23-/m1/s1. The third-order valence-electron chi connectivity index (χ3n) is 5.23. The van der Waals surface area contributed by atoms with Gasteiger partial charge in [0, 0.05) is 5.56 Å². The maximum absolute atomic E-state index is 13.6. The number of sulfonamides is 1. The quantitative estimate of drug-likeness (QED) is 0.624. The zero-order valence-electron chi connectivity index (χ0n) is 17.6. The predicted octanol–water partition coefficient (Wildman–Crippen LogP) is 4.30. The number of ether oxygens (including phenoxy) is 2. The van der Waals surface area contributed by atoms with Crippen LogP contribution in [0.25, 0.3) is 5.70 Å². The molecule has 0 saturated heterocycles. The molecule has 6 nitrogen and oxygen atoms in total. The van der Waals surface area contributed by atoms with Gasteiger partial charge in [0.25, 0.3) is 10.0 Å². The molecular formula is C24H24N2O4S. The zero-order valence-corrected chi connectivity index (χ0v) is 18.4. The summed E-state index contributed by atoms with van der Waals surface area (Å²) < 4.78 is 39.3. The highest BCUT2D eigenvalue weighted by atomic mass is 32.2. The molecule has 1 aliphatic heterocycles. The number of hydrogen-bond donors (Lipinski definition) is 1. The van der Waals surface area contributed by atoms with Gasteiger partial charge in [-0.2, -0.15) is 0 Å². The van der Waals surface area contributed by atoms with Gasteiger partial charge in [-0.15, -0.1) is 4.41 Å². The van der Waals surface area contributed by atoms with Crippen LogP contribution in [0, 0.1) is 6.92 Å². The van der Waals surface area contributed by atoms with Gasteiger partial charge in [0.05, 0.1) is 30.9 Å². The van der Waals surface area contributed by atoms with Crippen molar-refractivity contribution < 1.29 is 17.9 Å². The summed E-state index contributed by atoms with van der Waals surface area (Å²) in [6, 6.07) is 21.0. The van der Waals surface area contributed by atoms with E-state index < -0.39 is 16.1 Å². The Labute approximate surface area is 182 Å². The van der Waals surface area contributed by atoms with Crippen molar-refractivity contribution in [1.82, 2.24) is 9.84 Å². The van der Waals surface area contributed by atoms with Crippen LogP contribution in [0.15, 0.2) is 83.8 Å². The second-order valence-electron chi connectivity index (χ2n) is 7.22. The molecule has 0 unspecified atom stereocenters. The first-order valence-corrected chi connectivity index (χ1v) is 11.2. The Bertz CT molecular complexity index is 1210. The van der Waals surface area contributed by atoms with E-state index in [1.165, 1.54) is 4.41 Å². The van der Waals surface area contributed by atoms with Crippen LogP contribution in [0.3, 0.4) is 0 Å². The molecule has 0 amide bonds. The summed E-state index contributed by atoms with van der Waals surface area (Å²) in [5, 5.41) is 0. The normalized spacial score (nSPS) is 16.5. The number of benzene rings is 3. The molecule has 1 aliphatic rings. The molecule has 31 heavy (non-hydrogen) atoms. The van der Waals surface area contributed by atoms with Crippen molar-refractivity contribution in [1.29, 1.82) is 0 Å².